The Kier molecular flexibility index (Phi) is 5.49. The van der Waals surface area contributed by atoms with Crippen LogP contribution in [-0.2, 0) is 19.3 Å². The van der Waals surface area contributed by atoms with E-state index >= 15 is 0 Å². The lowest BCUT2D eigenvalue weighted by molar-refractivity contribution is 0.408. The van der Waals surface area contributed by atoms with Crippen molar-refractivity contribution in [2.24, 2.45) is 11.7 Å². The summed E-state index contributed by atoms with van der Waals surface area (Å²) in [4.78, 5) is 0. The Balaban J connectivity index is 1.39. The number of hydrogen-bond acceptors (Lipinski definition) is 2. The van der Waals surface area contributed by atoms with Crippen LogP contribution in [0.3, 0.4) is 0 Å². The highest BCUT2D eigenvalue weighted by molar-refractivity contribution is 5.36. The van der Waals surface area contributed by atoms with Crippen LogP contribution >= 0.6 is 0 Å². The van der Waals surface area contributed by atoms with Crippen molar-refractivity contribution in [3.63, 3.8) is 0 Å². The minimum absolute atomic E-state index is 0.119. The van der Waals surface area contributed by atoms with Crippen molar-refractivity contribution in [2.45, 2.75) is 63.3 Å². The minimum Gasteiger partial charge on any atom is -0.497 e. The third kappa shape index (κ3) is 4.19. The van der Waals surface area contributed by atoms with Gasteiger partial charge >= 0.3 is 0 Å². The quantitative estimate of drug-likeness (QED) is 0.791. The molecule has 2 nitrogen and oxygen atoms in total. The minimum atomic E-state index is -0.119. The zero-order valence-corrected chi connectivity index (χ0v) is 16.2. The van der Waals surface area contributed by atoms with E-state index in [1.54, 1.807) is 13.2 Å². The molecule has 144 valence electrons. The van der Waals surface area contributed by atoms with Crippen LogP contribution in [0.5, 0.6) is 5.75 Å². The molecule has 1 saturated carbocycles. The molecule has 0 radical (unpaired) electrons. The topological polar surface area (TPSA) is 35.2 Å². The molecule has 2 N–H and O–H groups in total. The molecule has 0 amide bonds. The van der Waals surface area contributed by atoms with Crippen molar-refractivity contribution in [2.75, 3.05) is 7.11 Å². The Morgan fingerprint density at radius 3 is 2.74 bits per heavy atom. The van der Waals surface area contributed by atoms with Crippen molar-refractivity contribution < 1.29 is 9.13 Å². The number of ether oxygens (including phenoxy) is 1. The Morgan fingerprint density at radius 2 is 1.96 bits per heavy atom. The molecule has 2 aliphatic carbocycles. The normalized spacial score (nSPS) is 24.6. The second-order valence-electron chi connectivity index (χ2n) is 8.40. The molecule has 2 aromatic rings. The van der Waals surface area contributed by atoms with E-state index in [2.05, 4.69) is 18.2 Å². The van der Waals surface area contributed by atoms with E-state index in [9.17, 15) is 4.39 Å². The van der Waals surface area contributed by atoms with Crippen molar-refractivity contribution in [3.05, 3.63) is 64.5 Å². The summed E-state index contributed by atoms with van der Waals surface area (Å²) in [5, 5.41) is 0. The zero-order valence-electron chi connectivity index (χ0n) is 16.2. The van der Waals surface area contributed by atoms with E-state index in [0.29, 0.717) is 17.9 Å². The molecule has 2 aliphatic rings. The van der Waals surface area contributed by atoms with Gasteiger partial charge in [0.05, 0.1) is 7.11 Å². The molecule has 0 spiro atoms. The summed E-state index contributed by atoms with van der Waals surface area (Å²) >= 11 is 0. The third-order valence-corrected chi connectivity index (χ3v) is 6.58. The van der Waals surface area contributed by atoms with Gasteiger partial charge in [-0.3, -0.25) is 0 Å². The lowest BCUT2D eigenvalue weighted by Gasteiger charge is -2.26. The van der Waals surface area contributed by atoms with E-state index in [1.807, 2.05) is 6.07 Å². The van der Waals surface area contributed by atoms with Crippen LogP contribution in [0.25, 0.3) is 0 Å². The predicted octanol–water partition coefficient (Wildman–Crippen LogP) is 5.17. The predicted molar refractivity (Wildman–Crippen MR) is 108 cm³/mol. The Labute approximate surface area is 161 Å². The summed E-state index contributed by atoms with van der Waals surface area (Å²) in [6.07, 6.45) is 8.79. The van der Waals surface area contributed by atoms with E-state index < -0.39 is 0 Å². The van der Waals surface area contributed by atoms with Crippen LogP contribution in [0.4, 0.5) is 4.39 Å². The number of halogens is 1. The van der Waals surface area contributed by atoms with Gasteiger partial charge in [0, 0.05) is 6.04 Å². The molecule has 0 heterocycles. The van der Waals surface area contributed by atoms with E-state index in [0.717, 1.165) is 49.8 Å². The Bertz CT molecular complexity index is 803. The largest absolute Gasteiger partial charge is 0.497 e. The fourth-order valence-corrected chi connectivity index (χ4v) is 4.90. The molecule has 0 bridgehead atoms. The first-order valence-corrected chi connectivity index (χ1v) is 10.3. The molecule has 1 fully saturated rings. The van der Waals surface area contributed by atoms with Gasteiger partial charge in [0.15, 0.2) is 0 Å². The molecular formula is C24H30FNO. The molecule has 3 heteroatoms. The number of fused-ring (bicyclic) bond motifs is 1. The number of hydrogen-bond donors (Lipinski definition) is 1. The maximum absolute atomic E-state index is 14.1. The van der Waals surface area contributed by atoms with Crippen molar-refractivity contribution in [1.82, 2.24) is 0 Å². The Morgan fingerprint density at radius 1 is 1.07 bits per heavy atom. The molecule has 3 atom stereocenters. The average molecular weight is 368 g/mol. The highest BCUT2D eigenvalue weighted by atomic mass is 19.1. The number of aryl methyl sites for hydroxylation is 2. The Hall–Kier alpha value is -1.87. The fourth-order valence-electron chi connectivity index (χ4n) is 4.90. The van der Waals surface area contributed by atoms with Crippen LogP contribution in [0.1, 0.15) is 60.3 Å². The summed E-state index contributed by atoms with van der Waals surface area (Å²) in [5.74, 6) is 1.90. The van der Waals surface area contributed by atoms with Gasteiger partial charge in [0.25, 0.3) is 0 Å². The molecular weight excluding hydrogens is 337 g/mol. The van der Waals surface area contributed by atoms with Crippen molar-refractivity contribution >= 4 is 0 Å². The van der Waals surface area contributed by atoms with E-state index in [1.165, 1.54) is 35.6 Å². The number of methoxy groups -OCH3 is 1. The van der Waals surface area contributed by atoms with Gasteiger partial charge in [-0.05, 0) is 104 Å². The molecule has 0 saturated heterocycles. The summed E-state index contributed by atoms with van der Waals surface area (Å²) in [6.45, 7) is 0. The van der Waals surface area contributed by atoms with E-state index in [4.69, 9.17) is 10.5 Å². The maximum atomic E-state index is 14.1. The van der Waals surface area contributed by atoms with Gasteiger partial charge in [-0.1, -0.05) is 18.2 Å². The van der Waals surface area contributed by atoms with Gasteiger partial charge in [0.1, 0.15) is 11.6 Å². The number of benzene rings is 2. The maximum Gasteiger partial charge on any atom is 0.126 e. The van der Waals surface area contributed by atoms with Gasteiger partial charge in [0.2, 0.25) is 0 Å². The first kappa shape index (κ1) is 18.5. The number of rotatable bonds is 5. The summed E-state index contributed by atoms with van der Waals surface area (Å²) < 4.78 is 19.3. The molecule has 0 aromatic heterocycles. The van der Waals surface area contributed by atoms with Gasteiger partial charge in [-0.2, -0.15) is 0 Å². The smallest absolute Gasteiger partial charge is 0.126 e. The first-order chi connectivity index (χ1) is 13.1. The van der Waals surface area contributed by atoms with E-state index in [-0.39, 0.29) is 5.82 Å². The van der Waals surface area contributed by atoms with Gasteiger partial charge in [-0.25, -0.2) is 4.39 Å². The molecule has 0 aliphatic heterocycles. The number of nitrogens with two attached hydrogens (primary N) is 1. The second kappa shape index (κ2) is 8.02. The van der Waals surface area contributed by atoms with Gasteiger partial charge in [-0.15, -0.1) is 0 Å². The summed E-state index contributed by atoms with van der Waals surface area (Å²) in [5.41, 5.74) is 11.4. The molecule has 27 heavy (non-hydrogen) atoms. The zero-order chi connectivity index (χ0) is 18.8. The van der Waals surface area contributed by atoms with Crippen molar-refractivity contribution in [1.29, 1.82) is 0 Å². The average Bonchev–Trinajstić information content (AvgIpc) is 3.13. The van der Waals surface area contributed by atoms with Crippen LogP contribution in [0.15, 0.2) is 36.4 Å². The molecule has 4 rings (SSSR count). The van der Waals surface area contributed by atoms with Gasteiger partial charge < -0.3 is 10.5 Å². The van der Waals surface area contributed by atoms with Crippen LogP contribution in [0, 0.1) is 11.7 Å². The fraction of sp³-hybridized carbons (Fsp3) is 0.500. The monoisotopic (exact) mass is 367 g/mol. The SMILES string of the molecule is COc1ccc(F)c(CCC2CCc3cc(C4CCC(N)C4)ccc3C2)c1. The summed E-state index contributed by atoms with van der Waals surface area (Å²) in [7, 11) is 1.63. The highest BCUT2D eigenvalue weighted by Gasteiger charge is 2.25. The van der Waals surface area contributed by atoms with Crippen LogP contribution < -0.4 is 10.5 Å². The lowest BCUT2D eigenvalue weighted by atomic mass is 9.79. The van der Waals surface area contributed by atoms with Crippen LogP contribution in [-0.4, -0.2) is 13.2 Å². The summed E-state index contributed by atoms with van der Waals surface area (Å²) in [6, 6.07) is 12.5. The highest BCUT2D eigenvalue weighted by Crippen LogP contribution is 2.36. The molecule has 3 unspecified atom stereocenters. The van der Waals surface area contributed by atoms with Crippen LogP contribution in [0.2, 0.25) is 0 Å². The third-order valence-electron chi connectivity index (χ3n) is 6.58. The molecule has 2 aromatic carbocycles. The second-order valence-corrected chi connectivity index (χ2v) is 8.40. The first-order valence-electron chi connectivity index (χ1n) is 10.3. The standard InChI is InChI=1S/C24H30FNO/c1-27-23-10-11-24(25)21(15-23)5-3-16-2-4-18-13-19(7-6-17(18)12-16)20-8-9-22(26)14-20/h6-7,10-11,13,15-16,20,22H,2-5,8-9,12,14,26H2,1H3. The lowest BCUT2D eigenvalue weighted by Crippen LogP contribution is -2.16. The van der Waals surface area contributed by atoms with Crippen molar-refractivity contribution in [3.8, 4) is 5.75 Å².